The summed E-state index contributed by atoms with van der Waals surface area (Å²) < 4.78 is 0. The van der Waals surface area contributed by atoms with Gasteiger partial charge >= 0.3 is 0 Å². The van der Waals surface area contributed by atoms with E-state index in [0.717, 1.165) is 12.0 Å². The highest BCUT2D eigenvalue weighted by Crippen LogP contribution is 2.16. The average molecular weight is 222 g/mol. The molecular weight excluding hydrogens is 192 g/mol. The van der Waals surface area contributed by atoms with Crippen LogP contribution in [0, 0.1) is 0 Å². The van der Waals surface area contributed by atoms with Crippen LogP contribution in [0.2, 0.25) is 0 Å². The number of allylic oxidation sites excluding steroid dienone is 6. The zero-order valence-electron chi connectivity index (χ0n) is 12.4. The fourth-order valence-corrected chi connectivity index (χ4v) is 1.00. The zero-order valence-corrected chi connectivity index (χ0v) is 12.4. The Balaban J connectivity index is -0.000000376. The molecule has 0 nitrogen and oxygen atoms in total. The maximum atomic E-state index is 3.93. The third kappa shape index (κ3) is 11.0. The molecule has 0 atom stereocenters. The van der Waals surface area contributed by atoms with Crippen LogP contribution in [0.25, 0.3) is 0 Å². The molecule has 0 aliphatic rings. The van der Waals surface area contributed by atoms with Crippen molar-refractivity contribution in [1.82, 2.24) is 0 Å². The normalized spacial score (nSPS) is 10.4. The zero-order chi connectivity index (χ0) is 13.6. The van der Waals surface area contributed by atoms with Gasteiger partial charge in [0.25, 0.3) is 0 Å². The van der Waals surface area contributed by atoms with E-state index in [1.807, 2.05) is 40.7 Å². The van der Waals surface area contributed by atoms with Crippen molar-refractivity contribution in [3.8, 4) is 0 Å². The molecule has 0 aliphatic heterocycles. The fraction of sp³-hybridized carbons (Fsp3) is 0.500. The van der Waals surface area contributed by atoms with Gasteiger partial charge in [0, 0.05) is 0 Å². The monoisotopic (exact) mass is 222 g/mol. The lowest BCUT2D eigenvalue weighted by Gasteiger charge is -2.05. The van der Waals surface area contributed by atoms with E-state index in [2.05, 4.69) is 33.1 Å². The Morgan fingerprint density at radius 1 is 1.06 bits per heavy atom. The molecule has 0 bridgehead atoms. The van der Waals surface area contributed by atoms with Crippen LogP contribution in [0.4, 0.5) is 0 Å². The Hall–Kier alpha value is -1.04. The van der Waals surface area contributed by atoms with E-state index in [-0.39, 0.29) is 0 Å². The van der Waals surface area contributed by atoms with Crippen LogP contribution in [0.3, 0.4) is 0 Å². The van der Waals surface area contributed by atoms with Crippen LogP contribution >= 0.6 is 0 Å². The Bertz CT molecular complexity index is 226. The molecular formula is C16H30. The lowest BCUT2D eigenvalue weighted by atomic mass is 10.0. The molecule has 0 amide bonds. The van der Waals surface area contributed by atoms with Crippen molar-refractivity contribution in [1.29, 1.82) is 0 Å². The highest BCUT2D eigenvalue weighted by atomic mass is 14.0. The van der Waals surface area contributed by atoms with E-state index in [0.29, 0.717) is 0 Å². The van der Waals surface area contributed by atoms with Crippen molar-refractivity contribution in [2.45, 2.75) is 54.9 Å². The molecule has 94 valence electrons. The lowest BCUT2D eigenvalue weighted by Crippen LogP contribution is -1.85. The molecule has 0 aromatic carbocycles. The third-order valence-corrected chi connectivity index (χ3v) is 1.85. The SMILES string of the molecule is C=C/C=C\C(C(=C)C)=C(/C)CC.CC.CC. The van der Waals surface area contributed by atoms with Gasteiger partial charge in [-0.15, -0.1) is 0 Å². The maximum absolute atomic E-state index is 3.93. The summed E-state index contributed by atoms with van der Waals surface area (Å²) in [7, 11) is 0. The minimum Gasteiger partial charge on any atom is -0.0991 e. The summed E-state index contributed by atoms with van der Waals surface area (Å²) in [6.07, 6.45) is 6.87. The largest absolute Gasteiger partial charge is 0.0991 e. The van der Waals surface area contributed by atoms with Crippen LogP contribution in [0.1, 0.15) is 54.9 Å². The molecule has 0 unspecified atom stereocenters. The van der Waals surface area contributed by atoms with Gasteiger partial charge in [-0.2, -0.15) is 0 Å². The molecule has 16 heavy (non-hydrogen) atoms. The molecule has 0 saturated heterocycles. The van der Waals surface area contributed by atoms with Crippen molar-refractivity contribution in [3.63, 3.8) is 0 Å². The molecule has 0 aliphatic carbocycles. The van der Waals surface area contributed by atoms with Crippen molar-refractivity contribution in [2.24, 2.45) is 0 Å². The van der Waals surface area contributed by atoms with Gasteiger partial charge in [0.05, 0.1) is 0 Å². The van der Waals surface area contributed by atoms with Crippen molar-refractivity contribution in [3.05, 3.63) is 48.1 Å². The van der Waals surface area contributed by atoms with Crippen molar-refractivity contribution in [2.75, 3.05) is 0 Å². The van der Waals surface area contributed by atoms with E-state index >= 15 is 0 Å². The second-order valence-electron chi connectivity index (χ2n) is 2.92. The smallest absolute Gasteiger partial charge is 0.0244 e. The van der Waals surface area contributed by atoms with Gasteiger partial charge in [0.1, 0.15) is 0 Å². The van der Waals surface area contributed by atoms with Crippen LogP contribution in [0.5, 0.6) is 0 Å². The summed E-state index contributed by atoms with van der Waals surface area (Å²) >= 11 is 0. The van der Waals surface area contributed by atoms with Gasteiger partial charge < -0.3 is 0 Å². The van der Waals surface area contributed by atoms with E-state index in [4.69, 9.17) is 0 Å². The van der Waals surface area contributed by atoms with Crippen LogP contribution in [-0.4, -0.2) is 0 Å². The van der Waals surface area contributed by atoms with Gasteiger partial charge in [-0.05, 0) is 25.8 Å². The molecule has 0 aromatic heterocycles. The Morgan fingerprint density at radius 3 is 1.75 bits per heavy atom. The van der Waals surface area contributed by atoms with Crippen molar-refractivity contribution >= 4 is 0 Å². The summed E-state index contributed by atoms with van der Waals surface area (Å²) in [5.74, 6) is 0. The first kappa shape index (κ1) is 20.4. The van der Waals surface area contributed by atoms with Crippen molar-refractivity contribution < 1.29 is 0 Å². The summed E-state index contributed by atoms with van der Waals surface area (Å²) in [4.78, 5) is 0. The molecule has 0 radical (unpaired) electrons. The first-order chi connectivity index (χ1) is 7.63. The average Bonchev–Trinajstić information content (AvgIpc) is 2.34. The van der Waals surface area contributed by atoms with Crippen LogP contribution in [-0.2, 0) is 0 Å². The Labute approximate surface area is 103 Å². The predicted octanol–water partition coefficient (Wildman–Crippen LogP) is 6.08. The molecule has 0 heterocycles. The van der Waals surface area contributed by atoms with Gasteiger partial charge in [0.2, 0.25) is 0 Å². The second kappa shape index (κ2) is 16.4. The third-order valence-electron chi connectivity index (χ3n) is 1.85. The topological polar surface area (TPSA) is 0 Å². The number of hydrogen-bond acceptors (Lipinski definition) is 0. The molecule has 0 saturated carbocycles. The van der Waals surface area contributed by atoms with Gasteiger partial charge in [-0.3, -0.25) is 0 Å². The van der Waals surface area contributed by atoms with Gasteiger partial charge in [-0.25, -0.2) is 0 Å². The first-order valence-corrected chi connectivity index (χ1v) is 6.28. The van der Waals surface area contributed by atoms with Gasteiger partial charge in [0.15, 0.2) is 0 Å². The quantitative estimate of drug-likeness (QED) is 0.505. The minimum absolute atomic E-state index is 1.07. The Kier molecular flexibility index (Phi) is 20.9. The molecule has 0 fully saturated rings. The summed E-state index contributed by atoms with van der Waals surface area (Å²) in [5, 5.41) is 0. The molecule has 0 N–H and O–H groups in total. The molecule has 0 rings (SSSR count). The summed E-state index contributed by atoms with van der Waals surface area (Å²) in [5.41, 5.74) is 3.74. The minimum atomic E-state index is 1.07. The van der Waals surface area contributed by atoms with E-state index < -0.39 is 0 Å². The predicted molar refractivity (Wildman–Crippen MR) is 79.8 cm³/mol. The number of hydrogen-bond donors (Lipinski definition) is 0. The standard InChI is InChI=1S/C12H18.2C2H6/c1-6-8-9-12(10(3)4)11(5)7-2;2*1-2/h6,8-9H,1,3,7H2,2,4-5H3;2*1-2H3/b9-8-,12-11-;;. The fourth-order valence-electron chi connectivity index (χ4n) is 1.00. The maximum Gasteiger partial charge on any atom is -0.0244 e. The van der Waals surface area contributed by atoms with E-state index in [9.17, 15) is 0 Å². The van der Waals surface area contributed by atoms with Gasteiger partial charge in [-0.1, -0.05) is 77.2 Å². The molecule has 0 spiro atoms. The van der Waals surface area contributed by atoms with Crippen LogP contribution in [0.15, 0.2) is 48.1 Å². The highest BCUT2D eigenvalue weighted by Gasteiger charge is 1.96. The summed E-state index contributed by atoms with van der Waals surface area (Å²) in [6.45, 7) is 21.9. The highest BCUT2D eigenvalue weighted by molar-refractivity contribution is 5.41. The lowest BCUT2D eigenvalue weighted by molar-refractivity contribution is 1.07. The van der Waals surface area contributed by atoms with E-state index in [1.165, 1.54) is 11.1 Å². The molecule has 0 heteroatoms. The first-order valence-electron chi connectivity index (χ1n) is 6.28. The number of rotatable bonds is 4. The van der Waals surface area contributed by atoms with Crippen LogP contribution < -0.4 is 0 Å². The summed E-state index contributed by atoms with van der Waals surface area (Å²) in [6, 6.07) is 0. The molecule has 0 aromatic rings. The van der Waals surface area contributed by atoms with E-state index in [1.54, 1.807) is 6.08 Å². The second-order valence-corrected chi connectivity index (χ2v) is 2.92. The Morgan fingerprint density at radius 2 is 1.50 bits per heavy atom.